The van der Waals surface area contributed by atoms with E-state index in [0.29, 0.717) is 24.8 Å². The van der Waals surface area contributed by atoms with E-state index in [0.717, 1.165) is 12.8 Å². The van der Waals surface area contributed by atoms with Crippen LogP contribution in [0.2, 0.25) is 0 Å². The summed E-state index contributed by atoms with van der Waals surface area (Å²) in [5, 5.41) is 12.3. The molecule has 0 spiro atoms. The van der Waals surface area contributed by atoms with E-state index in [4.69, 9.17) is 9.63 Å². The molecular formula is C12H17N3O4. The molecule has 0 aliphatic carbocycles. The number of likely N-dealkylation sites (tertiary alicyclic amines) is 1. The highest BCUT2D eigenvalue weighted by Crippen LogP contribution is 2.26. The van der Waals surface area contributed by atoms with Crippen LogP contribution in [0.5, 0.6) is 0 Å². The molecule has 1 N–H and O–H groups in total. The lowest BCUT2D eigenvalue weighted by Gasteiger charge is -2.31. The zero-order valence-electron chi connectivity index (χ0n) is 10.8. The van der Waals surface area contributed by atoms with E-state index in [-0.39, 0.29) is 24.7 Å². The summed E-state index contributed by atoms with van der Waals surface area (Å²) in [6.07, 6.45) is 1.69. The first-order valence-electron chi connectivity index (χ1n) is 6.36. The molecule has 0 saturated carbocycles. The summed E-state index contributed by atoms with van der Waals surface area (Å²) in [4.78, 5) is 28.2. The topological polar surface area (TPSA) is 96.5 Å². The van der Waals surface area contributed by atoms with Crippen molar-refractivity contribution < 1.29 is 19.2 Å². The van der Waals surface area contributed by atoms with Gasteiger partial charge in [-0.1, -0.05) is 5.16 Å². The number of piperidine rings is 1. The SMILES string of the molecule is Cc1noc(C2CCCN(C(=O)CCC(=O)O)C2)n1. The van der Waals surface area contributed by atoms with Gasteiger partial charge in [-0.2, -0.15) is 4.98 Å². The van der Waals surface area contributed by atoms with Crippen LogP contribution in [0.4, 0.5) is 0 Å². The van der Waals surface area contributed by atoms with Crippen molar-refractivity contribution in [2.75, 3.05) is 13.1 Å². The third kappa shape index (κ3) is 3.52. The lowest BCUT2D eigenvalue weighted by atomic mass is 9.97. The highest BCUT2D eigenvalue weighted by Gasteiger charge is 2.28. The van der Waals surface area contributed by atoms with Crippen LogP contribution in [0.15, 0.2) is 4.52 Å². The molecule has 2 rings (SSSR count). The third-order valence-electron chi connectivity index (χ3n) is 3.22. The minimum absolute atomic E-state index is 0.0465. The van der Waals surface area contributed by atoms with Crippen LogP contribution < -0.4 is 0 Å². The van der Waals surface area contributed by atoms with Crippen LogP contribution in [-0.4, -0.2) is 45.1 Å². The molecule has 7 heteroatoms. The second-order valence-corrected chi connectivity index (χ2v) is 4.75. The number of carboxylic acids is 1. The fourth-order valence-corrected chi connectivity index (χ4v) is 2.26. The fourth-order valence-electron chi connectivity index (χ4n) is 2.26. The number of carbonyl (C=O) groups is 2. The molecule has 2 heterocycles. The Hall–Kier alpha value is -1.92. The summed E-state index contributed by atoms with van der Waals surface area (Å²) in [7, 11) is 0. The number of aliphatic carboxylic acids is 1. The summed E-state index contributed by atoms with van der Waals surface area (Å²) in [5.74, 6) is 0.138. The summed E-state index contributed by atoms with van der Waals surface area (Å²) in [6, 6.07) is 0. The molecule has 7 nitrogen and oxygen atoms in total. The number of hydrogen-bond acceptors (Lipinski definition) is 5. The van der Waals surface area contributed by atoms with Crippen molar-refractivity contribution in [2.24, 2.45) is 0 Å². The van der Waals surface area contributed by atoms with Gasteiger partial charge in [-0.3, -0.25) is 9.59 Å². The lowest BCUT2D eigenvalue weighted by molar-refractivity contribution is -0.141. The maximum atomic E-state index is 11.9. The second-order valence-electron chi connectivity index (χ2n) is 4.75. The number of carbonyl (C=O) groups excluding carboxylic acids is 1. The van der Waals surface area contributed by atoms with Gasteiger partial charge in [-0.05, 0) is 19.8 Å². The molecule has 104 valence electrons. The van der Waals surface area contributed by atoms with Gasteiger partial charge in [0.25, 0.3) is 0 Å². The zero-order valence-corrected chi connectivity index (χ0v) is 10.8. The molecule has 1 aromatic rings. The van der Waals surface area contributed by atoms with E-state index < -0.39 is 5.97 Å². The van der Waals surface area contributed by atoms with Crippen LogP contribution in [0.3, 0.4) is 0 Å². The van der Waals surface area contributed by atoms with E-state index in [9.17, 15) is 9.59 Å². The zero-order chi connectivity index (χ0) is 13.8. The molecule has 1 aromatic heterocycles. The van der Waals surface area contributed by atoms with E-state index in [1.807, 2.05) is 0 Å². The molecule has 1 atom stereocenters. The largest absolute Gasteiger partial charge is 0.481 e. The van der Waals surface area contributed by atoms with Gasteiger partial charge in [0.15, 0.2) is 5.82 Å². The van der Waals surface area contributed by atoms with E-state index >= 15 is 0 Å². The van der Waals surface area contributed by atoms with Gasteiger partial charge in [-0.25, -0.2) is 0 Å². The van der Waals surface area contributed by atoms with E-state index in [1.165, 1.54) is 0 Å². The minimum atomic E-state index is -0.950. The van der Waals surface area contributed by atoms with Gasteiger partial charge >= 0.3 is 5.97 Å². The molecule has 1 aliphatic heterocycles. The maximum absolute atomic E-state index is 11.9. The Morgan fingerprint density at radius 1 is 1.47 bits per heavy atom. The molecule has 0 aromatic carbocycles. The monoisotopic (exact) mass is 267 g/mol. The predicted octanol–water partition coefficient (Wildman–Crippen LogP) is 0.949. The van der Waals surface area contributed by atoms with Crippen molar-refractivity contribution in [3.05, 3.63) is 11.7 Å². The smallest absolute Gasteiger partial charge is 0.303 e. The first-order valence-corrected chi connectivity index (χ1v) is 6.36. The van der Waals surface area contributed by atoms with E-state index in [1.54, 1.807) is 11.8 Å². The molecule has 19 heavy (non-hydrogen) atoms. The average molecular weight is 267 g/mol. The molecule has 1 aliphatic rings. The quantitative estimate of drug-likeness (QED) is 0.872. The van der Waals surface area contributed by atoms with Gasteiger partial charge in [0.2, 0.25) is 11.8 Å². The van der Waals surface area contributed by atoms with Crippen LogP contribution >= 0.6 is 0 Å². The lowest BCUT2D eigenvalue weighted by Crippen LogP contribution is -2.39. The number of aryl methyl sites for hydroxylation is 1. The molecule has 0 bridgehead atoms. The van der Waals surface area contributed by atoms with Crippen molar-refractivity contribution >= 4 is 11.9 Å². The third-order valence-corrected chi connectivity index (χ3v) is 3.22. The molecule has 1 amide bonds. The summed E-state index contributed by atoms with van der Waals surface area (Å²) in [6.45, 7) is 2.95. The average Bonchev–Trinajstić information content (AvgIpc) is 2.83. The molecule has 1 saturated heterocycles. The summed E-state index contributed by atoms with van der Waals surface area (Å²) >= 11 is 0. The summed E-state index contributed by atoms with van der Waals surface area (Å²) in [5.41, 5.74) is 0. The first kappa shape index (κ1) is 13.5. The number of carboxylic acid groups (broad SMARTS) is 1. The van der Waals surface area contributed by atoms with Crippen LogP contribution in [0.25, 0.3) is 0 Å². The molecule has 1 unspecified atom stereocenters. The van der Waals surface area contributed by atoms with Crippen molar-refractivity contribution in [3.8, 4) is 0 Å². The number of rotatable bonds is 4. The van der Waals surface area contributed by atoms with E-state index in [2.05, 4.69) is 10.1 Å². The second kappa shape index (κ2) is 5.81. The molecule has 0 radical (unpaired) electrons. The van der Waals surface area contributed by atoms with Crippen molar-refractivity contribution in [2.45, 2.75) is 38.5 Å². The Labute approximate surface area is 110 Å². The minimum Gasteiger partial charge on any atom is -0.481 e. The van der Waals surface area contributed by atoms with Crippen molar-refractivity contribution in [3.63, 3.8) is 0 Å². The van der Waals surface area contributed by atoms with Crippen molar-refractivity contribution in [1.82, 2.24) is 15.0 Å². The normalized spacial score (nSPS) is 19.4. The van der Waals surface area contributed by atoms with Gasteiger partial charge in [-0.15, -0.1) is 0 Å². The van der Waals surface area contributed by atoms with Crippen LogP contribution in [0.1, 0.15) is 43.3 Å². The number of hydrogen-bond donors (Lipinski definition) is 1. The predicted molar refractivity (Wildman–Crippen MR) is 64.5 cm³/mol. The fraction of sp³-hybridized carbons (Fsp3) is 0.667. The van der Waals surface area contributed by atoms with Crippen LogP contribution in [-0.2, 0) is 9.59 Å². The first-order chi connectivity index (χ1) is 9.06. The standard InChI is InChI=1S/C12H17N3O4/c1-8-13-12(19-14-8)9-3-2-6-15(7-9)10(16)4-5-11(17)18/h9H,2-7H2,1H3,(H,17,18). The number of nitrogens with zero attached hydrogens (tertiary/aromatic N) is 3. The van der Waals surface area contributed by atoms with Gasteiger partial charge in [0.1, 0.15) is 0 Å². The molecular weight excluding hydrogens is 250 g/mol. The Kier molecular flexibility index (Phi) is 4.13. The van der Waals surface area contributed by atoms with Crippen molar-refractivity contribution in [1.29, 1.82) is 0 Å². The highest BCUT2D eigenvalue weighted by molar-refractivity contribution is 5.80. The summed E-state index contributed by atoms with van der Waals surface area (Å²) < 4.78 is 5.14. The van der Waals surface area contributed by atoms with Crippen LogP contribution in [0, 0.1) is 6.92 Å². The number of amides is 1. The Bertz CT molecular complexity index is 471. The highest BCUT2D eigenvalue weighted by atomic mass is 16.5. The van der Waals surface area contributed by atoms with Gasteiger partial charge < -0.3 is 14.5 Å². The Morgan fingerprint density at radius 3 is 2.89 bits per heavy atom. The Morgan fingerprint density at radius 2 is 2.26 bits per heavy atom. The maximum Gasteiger partial charge on any atom is 0.303 e. The number of aromatic nitrogens is 2. The Balaban J connectivity index is 1.93. The molecule has 1 fully saturated rings. The van der Waals surface area contributed by atoms with Gasteiger partial charge in [0.05, 0.1) is 12.3 Å². The van der Waals surface area contributed by atoms with Gasteiger partial charge in [0, 0.05) is 19.5 Å².